The van der Waals surface area contributed by atoms with Gasteiger partial charge in [0.05, 0.1) is 13.0 Å². The van der Waals surface area contributed by atoms with Crippen molar-refractivity contribution >= 4 is 11.9 Å². The van der Waals surface area contributed by atoms with E-state index in [2.05, 4.69) is 0 Å². The number of hydrogen-bond acceptors (Lipinski definition) is 5. The molecule has 0 heterocycles. The van der Waals surface area contributed by atoms with Crippen LogP contribution in [0.1, 0.15) is 31.2 Å². The van der Waals surface area contributed by atoms with Gasteiger partial charge in [-0.25, -0.2) is 0 Å². The molecule has 2 aliphatic carbocycles. The Morgan fingerprint density at radius 3 is 2.55 bits per heavy atom. The van der Waals surface area contributed by atoms with E-state index in [1.54, 1.807) is 0 Å². The van der Waals surface area contributed by atoms with Gasteiger partial charge in [-0.15, -0.1) is 0 Å². The summed E-state index contributed by atoms with van der Waals surface area (Å²) in [5, 5.41) is 0. The lowest BCUT2D eigenvalue weighted by molar-refractivity contribution is -0.160. The van der Waals surface area contributed by atoms with Gasteiger partial charge in [0, 0.05) is 0 Å². The van der Waals surface area contributed by atoms with Crippen molar-refractivity contribution in [2.45, 2.75) is 37.8 Å². The molecule has 0 amide bonds. The minimum Gasteiger partial charge on any atom is -0.469 e. The van der Waals surface area contributed by atoms with E-state index in [1.165, 1.54) is 7.11 Å². The van der Waals surface area contributed by atoms with Crippen molar-refractivity contribution < 1.29 is 19.1 Å². The van der Waals surface area contributed by atoms with Crippen LogP contribution < -0.4 is 5.73 Å². The first kappa shape index (κ1) is 15.0. The summed E-state index contributed by atoms with van der Waals surface area (Å²) in [4.78, 5) is 24.5. The first-order valence-corrected chi connectivity index (χ1v) is 7.57. The highest BCUT2D eigenvalue weighted by Crippen LogP contribution is 2.62. The third-order valence-electron chi connectivity index (χ3n) is 4.96. The topological polar surface area (TPSA) is 78.6 Å². The quantitative estimate of drug-likeness (QED) is 0.858. The van der Waals surface area contributed by atoms with Gasteiger partial charge in [-0.2, -0.15) is 0 Å². The Bertz CT molecular complexity index is 582. The number of ether oxygens (including phenoxy) is 2. The fourth-order valence-corrected chi connectivity index (χ4v) is 3.50. The van der Waals surface area contributed by atoms with Crippen LogP contribution in [0.25, 0.3) is 0 Å². The van der Waals surface area contributed by atoms with Crippen LogP contribution in [0.4, 0.5) is 0 Å². The molecule has 2 saturated carbocycles. The van der Waals surface area contributed by atoms with Crippen LogP contribution >= 0.6 is 0 Å². The molecule has 0 aromatic heterocycles. The predicted octanol–water partition coefficient (Wildman–Crippen LogP) is 1.79. The molecule has 1 spiro atoms. The van der Waals surface area contributed by atoms with Crippen molar-refractivity contribution in [3.05, 3.63) is 35.9 Å². The summed E-state index contributed by atoms with van der Waals surface area (Å²) < 4.78 is 10.2. The van der Waals surface area contributed by atoms with Gasteiger partial charge < -0.3 is 15.2 Å². The molecule has 2 aliphatic rings. The molecule has 118 valence electrons. The number of nitrogens with two attached hydrogens (primary N) is 1. The predicted molar refractivity (Wildman–Crippen MR) is 79.6 cm³/mol. The summed E-state index contributed by atoms with van der Waals surface area (Å²) in [5.74, 6) is -1.53. The molecule has 2 atom stereocenters. The molecular weight excluding hydrogens is 282 g/mol. The Morgan fingerprint density at radius 2 is 1.95 bits per heavy atom. The highest BCUT2D eigenvalue weighted by atomic mass is 16.5. The third kappa shape index (κ3) is 2.61. The Labute approximate surface area is 129 Å². The largest absolute Gasteiger partial charge is 0.469 e. The Balaban J connectivity index is 1.72. The molecule has 0 bridgehead atoms. The highest BCUT2D eigenvalue weighted by molar-refractivity contribution is 5.89. The molecule has 2 unspecified atom stereocenters. The smallest absolute Gasteiger partial charge is 0.327 e. The normalized spacial score (nSPS) is 28.4. The Morgan fingerprint density at radius 1 is 1.27 bits per heavy atom. The van der Waals surface area contributed by atoms with Gasteiger partial charge in [0.1, 0.15) is 12.1 Å². The molecule has 22 heavy (non-hydrogen) atoms. The molecule has 3 rings (SSSR count). The molecule has 0 aliphatic heterocycles. The number of esters is 2. The number of hydrogen-bond donors (Lipinski definition) is 1. The molecule has 1 aromatic rings. The number of carbonyl (C=O) groups excluding carboxylic acids is 2. The lowest BCUT2D eigenvalue weighted by atomic mass is 9.88. The summed E-state index contributed by atoms with van der Waals surface area (Å²) in [6.07, 6.45) is 3.17. The zero-order chi connectivity index (χ0) is 15.8. The Hall–Kier alpha value is -1.88. The van der Waals surface area contributed by atoms with Crippen LogP contribution in [-0.4, -0.2) is 24.6 Å². The van der Waals surface area contributed by atoms with Crippen LogP contribution in [-0.2, 0) is 25.7 Å². The summed E-state index contributed by atoms with van der Waals surface area (Å²) in [6.45, 7) is 0.166. The second kappa shape index (κ2) is 5.39. The van der Waals surface area contributed by atoms with E-state index in [0.717, 1.165) is 18.4 Å². The van der Waals surface area contributed by atoms with E-state index in [1.807, 2.05) is 30.3 Å². The van der Waals surface area contributed by atoms with Gasteiger partial charge in [0.15, 0.2) is 0 Å². The highest BCUT2D eigenvalue weighted by Gasteiger charge is 2.64. The minimum absolute atomic E-state index is 0.0410. The average Bonchev–Trinajstić information content (AvgIpc) is 3.21. The molecule has 1 aromatic carbocycles. The lowest BCUT2D eigenvalue weighted by Gasteiger charge is -2.27. The van der Waals surface area contributed by atoms with Crippen LogP contribution in [0.2, 0.25) is 0 Å². The van der Waals surface area contributed by atoms with Crippen molar-refractivity contribution in [3.8, 4) is 0 Å². The van der Waals surface area contributed by atoms with Crippen LogP contribution in [0.3, 0.4) is 0 Å². The molecule has 2 N–H and O–H groups in total. The average molecular weight is 303 g/mol. The van der Waals surface area contributed by atoms with E-state index < -0.39 is 23.4 Å². The minimum atomic E-state index is -1.27. The maximum absolute atomic E-state index is 12.5. The fourth-order valence-electron chi connectivity index (χ4n) is 3.50. The second-order valence-corrected chi connectivity index (χ2v) is 6.56. The summed E-state index contributed by atoms with van der Waals surface area (Å²) in [6, 6.07) is 9.42. The summed E-state index contributed by atoms with van der Waals surface area (Å²) >= 11 is 0. The third-order valence-corrected chi connectivity index (χ3v) is 4.96. The molecule has 0 saturated heterocycles. The number of methoxy groups -OCH3 is 1. The zero-order valence-electron chi connectivity index (χ0n) is 12.7. The van der Waals surface area contributed by atoms with Gasteiger partial charge in [-0.3, -0.25) is 9.59 Å². The molecule has 5 heteroatoms. The lowest BCUT2D eigenvalue weighted by Crippen LogP contribution is -2.54. The molecular formula is C17H21NO4. The maximum Gasteiger partial charge on any atom is 0.327 e. The monoisotopic (exact) mass is 303 g/mol. The van der Waals surface area contributed by atoms with Crippen molar-refractivity contribution in [2.75, 3.05) is 7.11 Å². The molecule has 5 nitrogen and oxygen atoms in total. The summed E-state index contributed by atoms with van der Waals surface area (Å²) in [7, 11) is 1.33. The van der Waals surface area contributed by atoms with Crippen molar-refractivity contribution in [3.63, 3.8) is 0 Å². The second-order valence-electron chi connectivity index (χ2n) is 6.56. The van der Waals surface area contributed by atoms with Gasteiger partial charge in [0.25, 0.3) is 0 Å². The van der Waals surface area contributed by atoms with Crippen molar-refractivity contribution in [1.29, 1.82) is 0 Å². The van der Waals surface area contributed by atoms with Crippen LogP contribution in [0, 0.1) is 11.3 Å². The van der Waals surface area contributed by atoms with E-state index in [-0.39, 0.29) is 12.0 Å². The van der Waals surface area contributed by atoms with Gasteiger partial charge in [-0.1, -0.05) is 30.3 Å². The van der Waals surface area contributed by atoms with Gasteiger partial charge in [-0.05, 0) is 36.7 Å². The van der Waals surface area contributed by atoms with E-state index in [4.69, 9.17) is 15.2 Å². The SMILES string of the molecule is COC(=O)C1CC2(CC2)CC1(N)C(=O)OCc1ccccc1. The number of rotatable bonds is 4. The van der Waals surface area contributed by atoms with Crippen molar-refractivity contribution in [2.24, 2.45) is 17.1 Å². The first-order valence-electron chi connectivity index (χ1n) is 7.57. The van der Waals surface area contributed by atoms with E-state index in [9.17, 15) is 9.59 Å². The van der Waals surface area contributed by atoms with Gasteiger partial charge in [0.2, 0.25) is 0 Å². The maximum atomic E-state index is 12.5. The zero-order valence-corrected chi connectivity index (χ0v) is 12.7. The number of carbonyl (C=O) groups is 2. The Kier molecular flexibility index (Phi) is 3.68. The van der Waals surface area contributed by atoms with Crippen LogP contribution in [0.5, 0.6) is 0 Å². The number of benzene rings is 1. The fraction of sp³-hybridized carbons (Fsp3) is 0.529. The molecule has 2 fully saturated rings. The van der Waals surface area contributed by atoms with E-state index >= 15 is 0 Å². The van der Waals surface area contributed by atoms with Crippen LogP contribution in [0.15, 0.2) is 30.3 Å². The summed E-state index contributed by atoms with van der Waals surface area (Å²) in [5.41, 5.74) is 6.00. The van der Waals surface area contributed by atoms with E-state index in [0.29, 0.717) is 12.8 Å². The molecule has 0 radical (unpaired) electrons. The van der Waals surface area contributed by atoms with Gasteiger partial charge >= 0.3 is 11.9 Å². The standard InChI is InChI=1S/C17H21NO4/c1-21-14(19)13-9-16(7-8-16)11-17(13,18)15(20)22-10-12-5-3-2-4-6-12/h2-6,13H,7-11,18H2,1H3. The first-order chi connectivity index (χ1) is 10.5. The van der Waals surface area contributed by atoms with Crippen molar-refractivity contribution in [1.82, 2.24) is 0 Å².